The van der Waals surface area contributed by atoms with Gasteiger partial charge in [0.05, 0.1) is 6.54 Å². The van der Waals surface area contributed by atoms with Gasteiger partial charge in [-0.05, 0) is 51.6 Å². The second-order valence-electron chi connectivity index (χ2n) is 6.26. The lowest BCUT2D eigenvalue weighted by Crippen LogP contribution is -2.44. The number of likely N-dealkylation sites (N-methyl/N-ethyl adjacent to an activating group) is 1. The van der Waals surface area contributed by atoms with Crippen molar-refractivity contribution >= 4 is 5.96 Å². The molecule has 1 heterocycles. The zero-order valence-corrected chi connectivity index (χ0v) is 12.1. The first kappa shape index (κ1) is 13.7. The van der Waals surface area contributed by atoms with Crippen LogP contribution in [0.25, 0.3) is 0 Å². The SMILES string of the molecule is CC1CCCN(C(N)=NCC(C2CC2)N(C)C)C1. The van der Waals surface area contributed by atoms with Crippen LogP contribution < -0.4 is 5.73 Å². The molecule has 1 saturated carbocycles. The predicted octanol–water partition coefficient (Wildman–Crippen LogP) is 1.37. The first-order valence-corrected chi connectivity index (χ1v) is 7.29. The molecular weight excluding hydrogens is 224 g/mol. The molecule has 4 heteroatoms. The van der Waals surface area contributed by atoms with Gasteiger partial charge in [0.15, 0.2) is 5.96 Å². The van der Waals surface area contributed by atoms with E-state index in [1.165, 1.54) is 25.7 Å². The van der Waals surface area contributed by atoms with Crippen LogP contribution in [0.1, 0.15) is 32.6 Å². The van der Waals surface area contributed by atoms with Gasteiger partial charge >= 0.3 is 0 Å². The maximum atomic E-state index is 6.14. The second-order valence-corrected chi connectivity index (χ2v) is 6.26. The molecule has 2 atom stereocenters. The highest BCUT2D eigenvalue weighted by atomic mass is 15.3. The van der Waals surface area contributed by atoms with E-state index < -0.39 is 0 Å². The van der Waals surface area contributed by atoms with E-state index in [1.54, 1.807) is 0 Å². The Kier molecular flexibility index (Phi) is 4.49. The quantitative estimate of drug-likeness (QED) is 0.607. The molecule has 0 bridgehead atoms. The summed E-state index contributed by atoms with van der Waals surface area (Å²) in [5.41, 5.74) is 6.14. The molecule has 1 aliphatic heterocycles. The molecule has 0 aromatic carbocycles. The topological polar surface area (TPSA) is 44.9 Å². The molecule has 1 saturated heterocycles. The Labute approximate surface area is 111 Å². The Morgan fingerprint density at radius 1 is 1.39 bits per heavy atom. The van der Waals surface area contributed by atoms with E-state index in [0.29, 0.717) is 6.04 Å². The molecule has 104 valence electrons. The van der Waals surface area contributed by atoms with Gasteiger partial charge in [-0.15, -0.1) is 0 Å². The van der Waals surface area contributed by atoms with Gasteiger partial charge in [0, 0.05) is 19.1 Å². The van der Waals surface area contributed by atoms with Crippen LogP contribution in [0.15, 0.2) is 4.99 Å². The Balaban J connectivity index is 1.86. The van der Waals surface area contributed by atoms with E-state index in [-0.39, 0.29) is 0 Å². The van der Waals surface area contributed by atoms with Crippen molar-refractivity contribution in [3.63, 3.8) is 0 Å². The molecular formula is C14H28N4. The van der Waals surface area contributed by atoms with Crippen LogP contribution in [0.3, 0.4) is 0 Å². The third-order valence-electron chi connectivity index (χ3n) is 4.25. The number of rotatable bonds is 4. The fourth-order valence-electron chi connectivity index (χ4n) is 2.90. The van der Waals surface area contributed by atoms with Gasteiger partial charge < -0.3 is 15.5 Å². The average molecular weight is 252 g/mol. The van der Waals surface area contributed by atoms with Crippen LogP contribution >= 0.6 is 0 Å². The summed E-state index contributed by atoms with van der Waals surface area (Å²) in [5, 5.41) is 0. The smallest absolute Gasteiger partial charge is 0.191 e. The zero-order chi connectivity index (χ0) is 13.1. The molecule has 0 radical (unpaired) electrons. The summed E-state index contributed by atoms with van der Waals surface area (Å²) in [6, 6.07) is 0.575. The highest BCUT2D eigenvalue weighted by Gasteiger charge is 2.32. The number of likely N-dealkylation sites (tertiary alicyclic amines) is 1. The molecule has 2 fully saturated rings. The number of guanidine groups is 1. The minimum atomic E-state index is 0.575. The fourth-order valence-corrected chi connectivity index (χ4v) is 2.90. The number of nitrogens with two attached hydrogens (primary N) is 1. The standard InChI is InChI=1S/C14H28N4/c1-11-5-4-8-18(10-11)14(15)16-9-13(17(2)3)12-6-7-12/h11-13H,4-10H2,1-3H3,(H2,15,16). The Morgan fingerprint density at radius 2 is 2.11 bits per heavy atom. The van der Waals surface area contributed by atoms with Gasteiger partial charge in [0.1, 0.15) is 0 Å². The van der Waals surface area contributed by atoms with Gasteiger partial charge in [0.2, 0.25) is 0 Å². The summed E-state index contributed by atoms with van der Waals surface area (Å²) < 4.78 is 0. The first-order chi connectivity index (χ1) is 8.58. The van der Waals surface area contributed by atoms with Crippen molar-refractivity contribution in [3.8, 4) is 0 Å². The van der Waals surface area contributed by atoms with Crippen molar-refractivity contribution in [1.29, 1.82) is 0 Å². The summed E-state index contributed by atoms with van der Waals surface area (Å²) in [7, 11) is 4.30. The van der Waals surface area contributed by atoms with Gasteiger partial charge in [-0.2, -0.15) is 0 Å². The van der Waals surface area contributed by atoms with E-state index in [9.17, 15) is 0 Å². The molecule has 18 heavy (non-hydrogen) atoms. The number of nitrogens with zero attached hydrogens (tertiary/aromatic N) is 3. The molecule has 0 aromatic rings. The minimum Gasteiger partial charge on any atom is -0.370 e. The second kappa shape index (κ2) is 5.91. The summed E-state index contributed by atoms with van der Waals surface area (Å²) in [6.07, 6.45) is 5.29. The minimum absolute atomic E-state index is 0.575. The highest BCUT2D eigenvalue weighted by Crippen LogP contribution is 2.34. The molecule has 1 aliphatic carbocycles. The Hall–Kier alpha value is -0.770. The van der Waals surface area contributed by atoms with Crippen molar-refractivity contribution in [2.24, 2.45) is 22.6 Å². The molecule has 4 nitrogen and oxygen atoms in total. The molecule has 2 rings (SSSR count). The molecule has 0 spiro atoms. The van der Waals surface area contributed by atoms with Gasteiger partial charge in [0.25, 0.3) is 0 Å². The van der Waals surface area contributed by atoms with Crippen molar-refractivity contribution in [2.45, 2.75) is 38.6 Å². The number of hydrogen-bond donors (Lipinski definition) is 1. The highest BCUT2D eigenvalue weighted by molar-refractivity contribution is 5.78. The van der Waals surface area contributed by atoms with Crippen molar-refractivity contribution < 1.29 is 0 Å². The summed E-state index contributed by atoms with van der Waals surface area (Å²) >= 11 is 0. The van der Waals surface area contributed by atoms with Crippen LogP contribution in [-0.4, -0.2) is 55.5 Å². The molecule has 2 N–H and O–H groups in total. The Bertz CT molecular complexity index is 294. The molecule has 0 amide bonds. The van der Waals surface area contributed by atoms with Crippen LogP contribution in [0, 0.1) is 11.8 Å². The van der Waals surface area contributed by atoms with E-state index in [1.807, 2.05) is 0 Å². The number of hydrogen-bond acceptors (Lipinski definition) is 2. The monoisotopic (exact) mass is 252 g/mol. The van der Waals surface area contributed by atoms with Crippen molar-refractivity contribution in [1.82, 2.24) is 9.80 Å². The Morgan fingerprint density at radius 3 is 2.67 bits per heavy atom. The zero-order valence-electron chi connectivity index (χ0n) is 12.1. The number of aliphatic imine (C=N–C) groups is 1. The molecule has 2 unspecified atom stereocenters. The van der Waals surface area contributed by atoms with Crippen molar-refractivity contribution in [2.75, 3.05) is 33.7 Å². The van der Waals surface area contributed by atoms with Crippen LogP contribution in [-0.2, 0) is 0 Å². The maximum Gasteiger partial charge on any atom is 0.191 e. The molecule has 0 aromatic heterocycles. The van der Waals surface area contributed by atoms with Crippen LogP contribution in [0.5, 0.6) is 0 Å². The lowest BCUT2D eigenvalue weighted by atomic mass is 10.0. The maximum absolute atomic E-state index is 6.14. The summed E-state index contributed by atoms with van der Waals surface area (Å²) in [5.74, 6) is 2.35. The normalized spacial score (nSPS) is 27.7. The summed E-state index contributed by atoms with van der Waals surface area (Å²) in [4.78, 5) is 9.20. The average Bonchev–Trinajstić information content (AvgIpc) is 3.13. The van der Waals surface area contributed by atoms with Gasteiger partial charge in [-0.25, -0.2) is 0 Å². The number of piperidine rings is 1. The summed E-state index contributed by atoms with van der Waals surface area (Å²) in [6.45, 7) is 5.31. The van der Waals surface area contributed by atoms with Gasteiger partial charge in [-0.1, -0.05) is 6.92 Å². The third kappa shape index (κ3) is 3.61. The third-order valence-corrected chi connectivity index (χ3v) is 4.25. The largest absolute Gasteiger partial charge is 0.370 e. The van der Waals surface area contributed by atoms with Gasteiger partial charge in [-0.3, -0.25) is 4.99 Å². The fraction of sp³-hybridized carbons (Fsp3) is 0.929. The lowest BCUT2D eigenvalue weighted by molar-refractivity contribution is 0.260. The van der Waals surface area contributed by atoms with E-state index in [2.05, 4.69) is 35.8 Å². The molecule has 2 aliphatic rings. The van der Waals surface area contributed by atoms with Crippen LogP contribution in [0.2, 0.25) is 0 Å². The predicted molar refractivity (Wildman–Crippen MR) is 76.7 cm³/mol. The van der Waals surface area contributed by atoms with E-state index in [0.717, 1.165) is 37.4 Å². The van der Waals surface area contributed by atoms with Crippen LogP contribution in [0.4, 0.5) is 0 Å². The lowest BCUT2D eigenvalue weighted by Gasteiger charge is -2.32. The van der Waals surface area contributed by atoms with E-state index in [4.69, 9.17) is 5.73 Å². The van der Waals surface area contributed by atoms with E-state index >= 15 is 0 Å². The first-order valence-electron chi connectivity index (χ1n) is 7.29. The van der Waals surface area contributed by atoms with Crippen molar-refractivity contribution in [3.05, 3.63) is 0 Å².